The van der Waals surface area contributed by atoms with Gasteiger partial charge in [-0.3, -0.25) is 0 Å². The van der Waals surface area contributed by atoms with Crippen molar-refractivity contribution < 1.29 is 19.0 Å². The van der Waals surface area contributed by atoms with Crippen molar-refractivity contribution in [2.45, 2.75) is 0 Å². The summed E-state index contributed by atoms with van der Waals surface area (Å²) in [6, 6.07) is 5.00. The van der Waals surface area contributed by atoms with Crippen molar-refractivity contribution in [2.24, 2.45) is 10.8 Å². The molecule has 0 unspecified atom stereocenters. The van der Waals surface area contributed by atoms with Gasteiger partial charge in [0.2, 0.25) is 5.41 Å². The van der Waals surface area contributed by atoms with Crippen molar-refractivity contribution in [3.63, 3.8) is 0 Å². The molecule has 0 aliphatic carbocycles. The Bertz CT molecular complexity index is 453. The Hall–Kier alpha value is -2.40. The summed E-state index contributed by atoms with van der Waals surface area (Å²) in [4.78, 5) is 11.1. The Morgan fingerprint density at radius 1 is 1.32 bits per heavy atom. The first-order chi connectivity index (χ1) is 9.09. The first-order valence-electron chi connectivity index (χ1n) is 5.28. The van der Waals surface area contributed by atoms with Crippen LogP contribution < -0.4 is 0 Å². The molecule has 1 aliphatic rings. The average Bonchev–Trinajstić information content (AvgIpc) is 2.48. The van der Waals surface area contributed by atoms with Gasteiger partial charge in [0.1, 0.15) is 31.6 Å². The lowest BCUT2D eigenvalue weighted by molar-refractivity contribution is -0.197. The fourth-order valence-corrected chi connectivity index (χ4v) is 1.68. The highest BCUT2D eigenvalue weighted by atomic mass is 16.7. The number of ether oxygens (including phenoxy) is 3. The molecule has 0 N–H and O–H groups in total. The monoisotopic (exact) mass is 261 g/mol. The number of carbonyl (C=O) groups excluding carboxylic acids is 1. The van der Waals surface area contributed by atoms with Crippen molar-refractivity contribution >= 4 is 5.97 Å². The van der Waals surface area contributed by atoms with E-state index in [2.05, 4.69) is 6.58 Å². The molecule has 0 aromatic rings. The zero-order valence-electron chi connectivity index (χ0n) is 10.1. The fourth-order valence-electron chi connectivity index (χ4n) is 1.68. The maximum Gasteiger partial charge on any atom is 0.330 e. The third kappa shape index (κ3) is 2.56. The number of esters is 1. The van der Waals surface area contributed by atoms with E-state index in [-0.39, 0.29) is 26.6 Å². The summed E-state index contributed by atoms with van der Waals surface area (Å²) in [7, 11) is 0. The van der Waals surface area contributed by atoms with E-state index in [1.165, 1.54) is 0 Å². The Morgan fingerprint density at radius 3 is 2.26 bits per heavy atom. The van der Waals surface area contributed by atoms with Crippen LogP contribution in [0.3, 0.4) is 0 Å². The Morgan fingerprint density at radius 2 is 1.84 bits per heavy atom. The second-order valence-corrected chi connectivity index (χ2v) is 3.99. The number of nitrogens with zero attached hydrogens (tertiary/aromatic N) is 3. The molecule has 1 fully saturated rings. The van der Waals surface area contributed by atoms with Gasteiger partial charge in [-0.2, -0.15) is 15.8 Å². The minimum Gasteiger partial charge on any atom is -0.462 e. The van der Waals surface area contributed by atoms with Gasteiger partial charge in [-0.15, -0.1) is 0 Å². The molecule has 0 aromatic carbocycles. The normalized spacial score (nSPS) is 17.3. The first kappa shape index (κ1) is 14.7. The Kier molecular flexibility index (Phi) is 4.61. The lowest BCUT2D eigenvalue weighted by atomic mass is 9.66. The first-order valence-corrected chi connectivity index (χ1v) is 5.28. The van der Waals surface area contributed by atoms with Crippen molar-refractivity contribution in [3.8, 4) is 18.2 Å². The molecular formula is C12H11N3O4. The molecular weight excluding hydrogens is 250 g/mol. The third-order valence-corrected chi connectivity index (χ3v) is 2.88. The van der Waals surface area contributed by atoms with Crippen molar-refractivity contribution in [3.05, 3.63) is 12.7 Å². The summed E-state index contributed by atoms with van der Waals surface area (Å²) in [5.74, 6) is -0.715. The van der Waals surface area contributed by atoms with E-state index < -0.39 is 16.8 Å². The largest absolute Gasteiger partial charge is 0.462 e. The quantitative estimate of drug-likeness (QED) is 0.526. The zero-order valence-corrected chi connectivity index (χ0v) is 10.1. The molecule has 0 atom stereocenters. The van der Waals surface area contributed by atoms with Crippen LogP contribution in [0.25, 0.3) is 0 Å². The average molecular weight is 261 g/mol. The van der Waals surface area contributed by atoms with Crippen LogP contribution in [0.1, 0.15) is 0 Å². The smallest absolute Gasteiger partial charge is 0.330 e. The topological polar surface area (TPSA) is 116 Å². The van der Waals surface area contributed by atoms with E-state index >= 15 is 0 Å². The lowest BCUT2D eigenvalue weighted by Gasteiger charge is -2.39. The molecule has 0 spiro atoms. The summed E-state index contributed by atoms with van der Waals surface area (Å²) < 4.78 is 15.0. The molecule has 0 bridgehead atoms. The number of hydrogen-bond acceptors (Lipinski definition) is 7. The lowest BCUT2D eigenvalue weighted by Crippen LogP contribution is -2.52. The van der Waals surface area contributed by atoms with Gasteiger partial charge in [-0.05, 0) is 0 Å². The minimum absolute atomic E-state index is 0.00444. The minimum atomic E-state index is -2.02. The van der Waals surface area contributed by atoms with Crippen LogP contribution in [0.4, 0.5) is 0 Å². The van der Waals surface area contributed by atoms with E-state index in [1.807, 2.05) is 0 Å². The summed E-state index contributed by atoms with van der Waals surface area (Å²) in [6.45, 7) is 2.71. The summed E-state index contributed by atoms with van der Waals surface area (Å²) >= 11 is 0. The van der Waals surface area contributed by atoms with Crippen LogP contribution in [-0.4, -0.2) is 32.6 Å². The van der Waals surface area contributed by atoms with Gasteiger partial charge in [0.05, 0.1) is 18.6 Å². The second-order valence-electron chi connectivity index (χ2n) is 3.99. The van der Waals surface area contributed by atoms with Gasteiger partial charge in [0.25, 0.3) is 0 Å². The molecule has 1 heterocycles. The van der Waals surface area contributed by atoms with E-state index in [9.17, 15) is 4.79 Å². The maximum absolute atomic E-state index is 11.1. The number of nitriles is 3. The molecule has 1 saturated heterocycles. The third-order valence-electron chi connectivity index (χ3n) is 2.88. The molecule has 0 radical (unpaired) electrons. The molecule has 0 aromatic heterocycles. The van der Waals surface area contributed by atoms with Crippen LogP contribution in [0.5, 0.6) is 0 Å². The van der Waals surface area contributed by atoms with Crippen LogP contribution >= 0.6 is 0 Å². The van der Waals surface area contributed by atoms with Crippen LogP contribution in [0, 0.1) is 44.8 Å². The van der Waals surface area contributed by atoms with Gasteiger partial charge < -0.3 is 14.2 Å². The van der Waals surface area contributed by atoms with Gasteiger partial charge in [0.15, 0.2) is 0 Å². The Labute approximate surface area is 110 Å². The van der Waals surface area contributed by atoms with Crippen LogP contribution in [0.2, 0.25) is 0 Å². The highest BCUT2D eigenvalue weighted by molar-refractivity contribution is 5.81. The van der Waals surface area contributed by atoms with Gasteiger partial charge in [-0.1, -0.05) is 6.58 Å². The highest BCUT2D eigenvalue weighted by Gasteiger charge is 2.56. The molecule has 1 aliphatic heterocycles. The van der Waals surface area contributed by atoms with Gasteiger partial charge in [0, 0.05) is 6.08 Å². The van der Waals surface area contributed by atoms with Gasteiger partial charge in [-0.25, -0.2) is 4.79 Å². The molecule has 98 valence electrons. The van der Waals surface area contributed by atoms with E-state index in [4.69, 9.17) is 30.0 Å². The molecule has 0 amide bonds. The number of carbonyl (C=O) groups is 1. The zero-order chi connectivity index (χ0) is 14.4. The molecule has 1 rings (SSSR count). The standard InChI is InChI=1S/C12H11N3O4/c1-2-10(16)19-8-12(6-17-9-18-7-12)11(3-13,4-14)5-15/h2H,1,6-9H2. The molecule has 19 heavy (non-hydrogen) atoms. The van der Waals surface area contributed by atoms with E-state index in [0.717, 1.165) is 6.08 Å². The Balaban J connectivity index is 3.10. The van der Waals surface area contributed by atoms with Crippen LogP contribution in [-0.2, 0) is 19.0 Å². The SMILES string of the molecule is C=CC(=O)OCC1(C(C#N)(C#N)C#N)COCOC1. The predicted molar refractivity (Wildman–Crippen MR) is 59.6 cm³/mol. The second kappa shape index (κ2) is 5.97. The van der Waals surface area contributed by atoms with E-state index in [0.29, 0.717) is 0 Å². The number of hydrogen-bond donors (Lipinski definition) is 0. The summed E-state index contributed by atoms with van der Waals surface area (Å²) in [5.41, 5.74) is -3.36. The van der Waals surface area contributed by atoms with Crippen molar-refractivity contribution in [1.29, 1.82) is 15.8 Å². The molecule has 0 saturated carbocycles. The van der Waals surface area contributed by atoms with Crippen LogP contribution in [0.15, 0.2) is 12.7 Å². The predicted octanol–water partition coefficient (Wildman–Crippen LogP) is 0.263. The summed E-state index contributed by atoms with van der Waals surface area (Å²) in [6.07, 6.45) is 0.949. The molecule has 7 nitrogen and oxygen atoms in total. The summed E-state index contributed by atoms with van der Waals surface area (Å²) in [5, 5.41) is 27.4. The maximum atomic E-state index is 11.1. The van der Waals surface area contributed by atoms with Crippen molar-refractivity contribution in [1.82, 2.24) is 0 Å². The molecule has 7 heteroatoms. The fraction of sp³-hybridized carbons (Fsp3) is 0.500. The van der Waals surface area contributed by atoms with E-state index in [1.54, 1.807) is 18.2 Å². The highest BCUT2D eigenvalue weighted by Crippen LogP contribution is 2.41. The van der Waals surface area contributed by atoms with Crippen molar-refractivity contribution in [2.75, 3.05) is 26.6 Å². The number of rotatable bonds is 4. The van der Waals surface area contributed by atoms with Gasteiger partial charge >= 0.3 is 5.97 Å².